The fourth-order valence-corrected chi connectivity index (χ4v) is 3.12. The fourth-order valence-electron chi connectivity index (χ4n) is 2.76. The van der Waals surface area contributed by atoms with Crippen molar-refractivity contribution in [2.24, 2.45) is 5.92 Å². The van der Waals surface area contributed by atoms with Gasteiger partial charge in [-0.2, -0.15) is 0 Å². The molecule has 0 aromatic heterocycles. The molecule has 1 amide bonds. The van der Waals surface area contributed by atoms with Crippen LogP contribution in [0.2, 0.25) is 0 Å². The molecule has 114 valence electrons. The van der Waals surface area contributed by atoms with Gasteiger partial charge in [0.1, 0.15) is 11.8 Å². The standard InChI is InChI=1S/C15H18BrNO4/c16-10-6-7-12(18)11(8-10)14(19)17-13(15(20)21)9-4-2-1-3-5-9/h6-9,13,18H,1-5H2,(H,17,19)(H,20,21). The van der Waals surface area contributed by atoms with E-state index in [9.17, 15) is 19.8 Å². The number of carbonyl (C=O) groups excluding carboxylic acids is 1. The topological polar surface area (TPSA) is 86.6 Å². The largest absolute Gasteiger partial charge is 0.507 e. The molecule has 1 aliphatic carbocycles. The van der Waals surface area contributed by atoms with Crippen molar-refractivity contribution >= 4 is 27.8 Å². The minimum Gasteiger partial charge on any atom is -0.507 e. The lowest BCUT2D eigenvalue weighted by Crippen LogP contribution is -2.46. The average Bonchev–Trinajstić information content (AvgIpc) is 2.47. The van der Waals surface area contributed by atoms with Crippen LogP contribution in [0.3, 0.4) is 0 Å². The van der Waals surface area contributed by atoms with E-state index in [4.69, 9.17) is 0 Å². The van der Waals surface area contributed by atoms with Gasteiger partial charge in [0, 0.05) is 4.47 Å². The molecule has 5 nitrogen and oxygen atoms in total. The smallest absolute Gasteiger partial charge is 0.326 e. The van der Waals surface area contributed by atoms with Gasteiger partial charge in [-0.05, 0) is 37.0 Å². The molecule has 1 aliphatic rings. The van der Waals surface area contributed by atoms with Gasteiger partial charge in [0.15, 0.2) is 0 Å². The summed E-state index contributed by atoms with van der Waals surface area (Å²) in [4.78, 5) is 23.7. The number of carboxylic acids is 1. The number of phenols is 1. The number of benzene rings is 1. The predicted octanol–water partition coefficient (Wildman–Crippen LogP) is 2.92. The summed E-state index contributed by atoms with van der Waals surface area (Å²) in [5.74, 6) is -1.80. The Bertz CT molecular complexity index is 540. The summed E-state index contributed by atoms with van der Waals surface area (Å²) < 4.78 is 0.648. The molecule has 1 saturated carbocycles. The van der Waals surface area contributed by atoms with Gasteiger partial charge in [0.05, 0.1) is 5.56 Å². The number of phenolic OH excluding ortho intramolecular Hbond substituents is 1. The van der Waals surface area contributed by atoms with E-state index in [-0.39, 0.29) is 17.2 Å². The third-order valence-electron chi connectivity index (χ3n) is 3.88. The number of carbonyl (C=O) groups is 2. The zero-order valence-corrected chi connectivity index (χ0v) is 13.1. The van der Waals surface area contributed by atoms with Crippen LogP contribution in [0.4, 0.5) is 0 Å². The predicted molar refractivity (Wildman–Crippen MR) is 81.3 cm³/mol. The van der Waals surface area contributed by atoms with Gasteiger partial charge in [0.25, 0.3) is 5.91 Å². The first kappa shape index (κ1) is 15.8. The number of hydrogen-bond donors (Lipinski definition) is 3. The van der Waals surface area contributed by atoms with Crippen LogP contribution in [0, 0.1) is 5.92 Å². The van der Waals surface area contributed by atoms with Gasteiger partial charge in [-0.3, -0.25) is 4.79 Å². The maximum Gasteiger partial charge on any atom is 0.326 e. The van der Waals surface area contributed by atoms with E-state index < -0.39 is 17.9 Å². The Morgan fingerprint density at radius 3 is 2.52 bits per heavy atom. The molecular weight excluding hydrogens is 338 g/mol. The number of hydrogen-bond acceptors (Lipinski definition) is 3. The van der Waals surface area contributed by atoms with E-state index >= 15 is 0 Å². The molecule has 1 aromatic rings. The van der Waals surface area contributed by atoms with Crippen molar-refractivity contribution in [2.45, 2.75) is 38.1 Å². The molecule has 0 heterocycles. The van der Waals surface area contributed by atoms with Crippen molar-refractivity contribution in [3.63, 3.8) is 0 Å². The van der Waals surface area contributed by atoms with E-state index in [0.29, 0.717) is 4.47 Å². The summed E-state index contributed by atoms with van der Waals surface area (Å²) >= 11 is 3.23. The summed E-state index contributed by atoms with van der Waals surface area (Å²) in [7, 11) is 0. The molecule has 0 spiro atoms. The summed E-state index contributed by atoms with van der Waals surface area (Å²) in [6, 6.07) is 3.58. The lowest BCUT2D eigenvalue weighted by atomic mass is 9.84. The normalized spacial score (nSPS) is 17.2. The Morgan fingerprint density at radius 1 is 1.24 bits per heavy atom. The first-order valence-electron chi connectivity index (χ1n) is 7.01. The third kappa shape index (κ3) is 3.97. The van der Waals surface area contributed by atoms with E-state index in [1.54, 1.807) is 6.07 Å². The SMILES string of the molecule is O=C(NC(C(=O)O)C1CCCCC1)c1cc(Br)ccc1O. The Labute approximate surface area is 131 Å². The molecule has 21 heavy (non-hydrogen) atoms. The summed E-state index contributed by atoms with van der Waals surface area (Å²) in [5, 5.41) is 21.6. The van der Waals surface area contributed by atoms with Crippen LogP contribution in [-0.2, 0) is 4.79 Å². The number of aliphatic carboxylic acids is 1. The van der Waals surface area contributed by atoms with Crippen molar-refractivity contribution < 1.29 is 19.8 Å². The number of rotatable bonds is 4. The van der Waals surface area contributed by atoms with Crippen molar-refractivity contribution in [2.75, 3.05) is 0 Å². The monoisotopic (exact) mass is 355 g/mol. The lowest BCUT2D eigenvalue weighted by molar-refractivity contribution is -0.141. The Morgan fingerprint density at radius 2 is 1.90 bits per heavy atom. The molecule has 2 rings (SSSR count). The van der Waals surface area contributed by atoms with E-state index in [1.807, 2.05) is 0 Å². The number of halogens is 1. The van der Waals surface area contributed by atoms with Crippen molar-refractivity contribution in [3.8, 4) is 5.75 Å². The van der Waals surface area contributed by atoms with Gasteiger partial charge < -0.3 is 15.5 Å². The molecule has 3 N–H and O–H groups in total. The van der Waals surface area contributed by atoms with Crippen molar-refractivity contribution in [1.82, 2.24) is 5.32 Å². The third-order valence-corrected chi connectivity index (χ3v) is 4.37. The molecule has 0 radical (unpaired) electrons. The Balaban J connectivity index is 2.14. The maximum atomic E-state index is 12.2. The first-order valence-corrected chi connectivity index (χ1v) is 7.80. The first-order chi connectivity index (χ1) is 9.99. The minimum atomic E-state index is -1.02. The number of aromatic hydroxyl groups is 1. The zero-order chi connectivity index (χ0) is 15.4. The zero-order valence-electron chi connectivity index (χ0n) is 11.5. The highest BCUT2D eigenvalue weighted by atomic mass is 79.9. The van der Waals surface area contributed by atoms with Crippen LogP contribution >= 0.6 is 15.9 Å². The van der Waals surface area contributed by atoms with Crippen LogP contribution in [0.15, 0.2) is 22.7 Å². The Hall–Kier alpha value is -1.56. The molecule has 0 saturated heterocycles. The highest BCUT2D eigenvalue weighted by molar-refractivity contribution is 9.10. The van der Waals surface area contributed by atoms with Gasteiger partial charge in [-0.1, -0.05) is 35.2 Å². The second-order valence-corrected chi connectivity index (χ2v) is 6.26. The van der Waals surface area contributed by atoms with Gasteiger partial charge in [-0.25, -0.2) is 4.79 Å². The lowest BCUT2D eigenvalue weighted by Gasteiger charge is -2.28. The molecule has 6 heteroatoms. The molecular formula is C15H18BrNO4. The fraction of sp³-hybridized carbons (Fsp3) is 0.467. The molecule has 1 fully saturated rings. The van der Waals surface area contributed by atoms with Crippen molar-refractivity contribution in [3.05, 3.63) is 28.2 Å². The summed E-state index contributed by atoms with van der Waals surface area (Å²) in [5.41, 5.74) is 0.0754. The number of nitrogens with one attached hydrogen (secondary N) is 1. The van der Waals surface area contributed by atoms with Crippen LogP contribution in [0.25, 0.3) is 0 Å². The van der Waals surface area contributed by atoms with E-state index in [0.717, 1.165) is 32.1 Å². The van der Waals surface area contributed by atoms with Gasteiger partial charge >= 0.3 is 5.97 Å². The van der Waals surface area contributed by atoms with E-state index in [2.05, 4.69) is 21.2 Å². The molecule has 0 bridgehead atoms. The molecule has 1 atom stereocenters. The Kier molecular flexibility index (Phi) is 5.22. The molecule has 1 aromatic carbocycles. The van der Waals surface area contributed by atoms with Crippen LogP contribution in [0.1, 0.15) is 42.5 Å². The highest BCUT2D eigenvalue weighted by Gasteiger charge is 2.31. The molecule has 1 unspecified atom stereocenters. The van der Waals surface area contributed by atoms with Crippen LogP contribution in [0.5, 0.6) is 5.75 Å². The molecule has 0 aliphatic heterocycles. The second kappa shape index (κ2) is 6.93. The minimum absolute atomic E-state index is 0.0468. The number of carboxylic acid groups (broad SMARTS) is 1. The second-order valence-electron chi connectivity index (χ2n) is 5.35. The maximum absolute atomic E-state index is 12.2. The van der Waals surface area contributed by atoms with E-state index in [1.165, 1.54) is 12.1 Å². The average molecular weight is 356 g/mol. The van der Waals surface area contributed by atoms with Crippen molar-refractivity contribution in [1.29, 1.82) is 0 Å². The van der Waals surface area contributed by atoms with Crippen LogP contribution in [-0.4, -0.2) is 28.1 Å². The summed E-state index contributed by atoms with van der Waals surface area (Å²) in [6.07, 6.45) is 4.71. The van der Waals surface area contributed by atoms with Gasteiger partial charge in [-0.15, -0.1) is 0 Å². The number of amides is 1. The quantitative estimate of drug-likeness (QED) is 0.774. The summed E-state index contributed by atoms with van der Waals surface area (Å²) in [6.45, 7) is 0. The van der Waals surface area contributed by atoms with Crippen LogP contribution < -0.4 is 5.32 Å². The highest BCUT2D eigenvalue weighted by Crippen LogP contribution is 2.27. The van der Waals surface area contributed by atoms with Gasteiger partial charge in [0.2, 0.25) is 0 Å².